The predicted octanol–water partition coefficient (Wildman–Crippen LogP) is 19.0. The normalized spacial score (nSPS) is 22.7. The molecule has 14 heterocycles. The van der Waals surface area contributed by atoms with Gasteiger partial charge in [0.1, 0.15) is 16.1 Å². The molecule has 0 bridgehead atoms. The largest absolute Gasteiger partial charge is 0.370 e. The maximum atomic E-state index is 14.3. The van der Waals surface area contributed by atoms with Crippen LogP contribution in [0.3, 0.4) is 0 Å². The van der Waals surface area contributed by atoms with Crippen LogP contribution in [-0.2, 0) is 48.3 Å². The summed E-state index contributed by atoms with van der Waals surface area (Å²) in [5, 5.41) is 1.38. The van der Waals surface area contributed by atoms with Crippen molar-refractivity contribution in [1.29, 1.82) is 0 Å². The Bertz CT molecular complexity index is 6480. The van der Waals surface area contributed by atoms with Gasteiger partial charge in [0.15, 0.2) is 11.3 Å². The molecular weight excluding hydrogens is 1930 g/mol. The topological polar surface area (TPSA) is 275 Å². The molecule has 149 heavy (non-hydrogen) atoms. The molecule has 8 amide bonds. The SMILES string of the molecule is CN(C)[C@H]1CCN(c2ccccc2C2SC(CC(=O)N3CCC(n4c(=O)[nH]c5ncccc54)CC3)C(=O)N2CCC(C)(C)C)C1.CN(c1ccccc1C1SC(CC(=O)N2CCC(N3CCc4ccccc4NC3=O)CC2)C(=O)N1CCC(C)(C)C)C1CCN(Cc2ccccc2)C1.CN(c1ccccc1C1SC(CC(=O)N2CCC(n3c(=O)[nH]c4ncccc43)CC2)C(=O)N1CCC(C)(C)C)[C@@H]1CCN(Cc2ccccc2)C1.[HH].[HH].[HH].[HH].[HH]. The highest BCUT2D eigenvalue weighted by Gasteiger charge is 2.50. The van der Waals surface area contributed by atoms with E-state index in [2.05, 4.69) is 290 Å². The van der Waals surface area contributed by atoms with Crippen LogP contribution in [0.1, 0.15) is 227 Å². The van der Waals surface area contributed by atoms with Gasteiger partial charge in [0, 0.05) is 246 Å². The van der Waals surface area contributed by atoms with Crippen LogP contribution in [0.2, 0.25) is 0 Å². The lowest BCUT2D eigenvalue weighted by Gasteiger charge is -2.38. The highest BCUT2D eigenvalue weighted by molar-refractivity contribution is 8.01. The first-order valence-corrected chi connectivity index (χ1v) is 57.1. The first kappa shape index (κ1) is 107. The molecule has 10 aliphatic rings. The van der Waals surface area contributed by atoms with Crippen LogP contribution in [0.4, 0.5) is 27.5 Å². The first-order valence-electron chi connectivity index (χ1n) is 54.2. The number of fused-ring (bicyclic) bond motifs is 3. The Balaban J connectivity index is 0.000000189. The fourth-order valence-corrected chi connectivity index (χ4v) is 27.9. The minimum atomic E-state index is -0.436. The third-order valence-electron chi connectivity index (χ3n) is 32.2. The lowest BCUT2D eigenvalue weighted by molar-refractivity contribution is -0.137. The summed E-state index contributed by atoms with van der Waals surface area (Å²) in [6.45, 7) is 34.0. The molecule has 6 aromatic carbocycles. The minimum absolute atomic E-state index is 0. The summed E-state index contributed by atoms with van der Waals surface area (Å²) in [6.07, 6.45) is 14.9. The van der Waals surface area contributed by atoms with Gasteiger partial charge in [-0.3, -0.25) is 57.7 Å². The molecule has 0 spiro atoms. The molecule has 4 aromatic heterocycles. The van der Waals surface area contributed by atoms with Gasteiger partial charge in [-0.25, -0.2) is 24.4 Å². The summed E-state index contributed by atoms with van der Waals surface area (Å²) in [5.41, 5.74) is 14.4. The number of nitrogens with zero attached hydrogens (tertiary/aromatic N) is 17. The van der Waals surface area contributed by atoms with E-state index >= 15 is 0 Å². The van der Waals surface area contributed by atoms with Crippen LogP contribution in [-0.4, -0.2) is 292 Å². The number of aromatic nitrogens is 6. The number of anilines is 4. The Morgan fingerprint density at radius 3 is 1.19 bits per heavy atom. The maximum absolute atomic E-state index is 14.3. The van der Waals surface area contributed by atoms with E-state index < -0.39 is 15.7 Å². The van der Waals surface area contributed by atoms with Crippen molar-refractivity contribution in [1.82, 2.24) is 78.1 Å². The van der Waals surface area contributed by atoms with Crippen LogP contribution in [0.15, 0.2) is 204 Å². The van der Waals surface area contributed by atoms with Crippen LogP contribution in [0, 0.1) is 16.2 Å². The quantitative estimate of drug-likeness (QED) is 0.0411. The number of carbonyl (C=O) groups excluding carboxylic acids is 7. The van der Waals surface area contributed by atoms with Crippen molar-refractivity contribution in [2.24, 2.45) is 16.2 Å². The molecule has 0 saturated carbocycles. The van der Waals surface area contributed by atoms with Crippen LogP contribution < -0.4 is 31.4 Å². The van der Waals surface area contributed by atoms with Crippen molar-refractivity contribution >= 4 is 122 Å². The van der Waals surface area contributed by atoms with Crippen molar-refractivity contribution in [2.45, 2.75) is 246 Å². The zero-order chi connectivity index (χ0) is 105. The number of thioether (sulfide) groups is 3. The van der Waals surface area contributed by atoms with Crippen molar-refractivity contribution in [3.05, 3.63) is 249 Å². The minimum Gasteiger partial charge on any atom is -0.370 e. The molecule has 3 N–H and O–H groups in total. The number of likely N-dealkylation sites (tertiary alicyclic amines) is 5. The molecule has 804 valence electrons. The van der Waals surface area contributed by atoms with E-state index in [-0.39, 0.29) is 130 Å². The molecule has 20 rings (SSSR count). The third kappa shape index (κ3) is 25.6. The molecule has 10 aromatic rings. The van der Waals surface area contributed by atoms with Crippen LogP contribution in [0.25, 0.3) is 22.3 Å². The van der Waals surface area contributed by atoms with Gasteiger partial charge in [-0.05, 0) is 179 Å². The number of para-hydroxylation sites is 4. The molecule has 0 aliphatic carbocycles. The summed E-state index contributed by atoms with van der Waals surface area (Å²) >= 11 is 4.93. The highest BCUT2D eigenvalue weighted by Crippen LogP contribution is 2.53. The summed E-state index contributed by atoms with van der Waals surface area (Å²) in [6, 6.07) is 63.8. The fourth-order valence-electron chi connectivity index (χ4n) is 23.4. The van der Waals surface area contributed by atoms with E-state index in [1.807, 2.05) is 71.9 Å². The number of nitrogens with one attached hydrogen (secondary N) is 3. The Hall–Kier alpha value is -11.4. The number of amides is 8. The number of likely N-dealkylation sites (N-methyl/N-ethyl adjacent to an activating group) is 3. The van der Waals surface area contributed by atoms with Gasteiger partial charge in [0.05, 0.1) is 26.8 Å². The number of carbonyl (C=O) groups is 7. The maximum Gasteiger partial charge on any atom is 0.327 e. The average molecular weight is 2090 g/mol. The molecule has 0 radical (unpaired) electrons. The predicted molar refractivity (Wildman–Crippen MR) is 611 cm³/mol. The number of benzene rings is 6. The molecular formula is C117H164N20O9S3. The van der Waals surface area contributed by atoms with E-state index in [0.29, 0.717) is 121 Å². The fraction of sp³-hybridized carbons (Fsp3) is 0.530. The third-order valence-corrected chi connectivity index (χ3v) is 36.6. The molecule has 9 atom stereocenters. The van der Waals surface area contributed by atoms with Crippen molar-refractivity contribution in [3.63, 3.8) is 0 Å². The number of hydrogen-bond donors (Lipinski definition) is 3. The second kappa shape index (κ2) is 47.2. The highest BCUT2D eigenvalue weighted by atomic mass is 32.2. The van der Waals surface area contributed by atoms with Gasteiger partial charge in [-0.2, -0.15) is 0 Å². The molecule has 10 aliphatic heterocycles. The van der Waals surface area contributed by atoms with Gasteiger partial charge >= 0.3 is 17.4 Å². The van der Waals surface area contributed by atoms with Crippen LogP contribution in [0.5, 0.6) is 0 Å². The molecule has 29 nitrogen and oxygen atoms in total. The molecule has 9 saturated heterocycles. The van der Waals surface area contributed by atoms with Gasteiger partial charge in [-0.1, -0.05) is 196 Å². The summed E-state index contributed by atoms with van der Waals surface area (Å²) in [7, 11) is 8.68. The van der Waals surface area contributed by atoms with E-state index in [1.54, 1.807) is 56.8 Å². The van der Waals surface area contributed by atoms with E-state index in [0.717, 1.165) is 149 Å². The number of pyridine rings is 2. The Morgan fingerprint density at radius 1 is 0.396 bits per heavy atom. The first-order chi connectivity index (χ1) is 71.6. The lowest BCUT2D eigenvalue weighted by atomic mass is 9.92. The average Bonchev–Trinajstić information content (AvgIpc) is 1.60. The molecule has 9 fully saturated rings. The van der Waals surface area contributed by atoms with Crippen molar-refractivity contribution in [3.8, 4) is 0 Å². The van der Waals surface area contributed by atoms with Crippen molar-refractivity contribution in [2.75, 3.05) is 153 Å². The lowest BCUT2D eigenvalue weighted by Crippen LogP contribution is -2.50. The summed E-state index contributed by atoms with van der Waals surface area (Å²) in [4.78, 5) is 165. The Labute approximate surface area is 899 Å². The van der Waals surface area contributed by atoms with Gasteiger partial charge in [0.25, 0.3) is 0 Å². The number of piperidine rings is 3. The summed E-state index contributed by atoms with van der Waals surface area (Å²) < 4.78 is 3.58. The second-order valence-electron chi connectivity index (χ2n) is 46.4. The van der Waals surface area contributed by atoms with Crippen molar-refractivity contribution < 1.29 is 40.7 Å². The number of hydrogen-bond acceptors (Lipinski definition) is 20. The van der Waals surface area contributed by atoms with Gasteiger partial charge < -0.3 is 59.2 Å². The number of urea groups is 1. The van der Waals surface area contributed by atoms with E-state index in [4.69, 9.17) is 0 Å². The number of H-pyrrole nitrogens is 2. The van der Waals surface area contributed by atoms with Crippen LogP contribution >= 0.6 is 35.3 Å². The van der Waals surface area contributed by atoms with E-state index in [9.17, 15) is 43.2 Å². The molecule has 32 heteroatoms. The zero-order valence-electron chi connectivity index (χ0n) is 89.4. The Kier molecular flexibility index (Phi) is 34.0. The van der Waals surface area contributed by atoms with Gasteiger partial charge in [-0.15, -0.1) is 35.3 Å². The number of aromatic amines is 2. The van der Waals surface area contributed by atoms with Gasteiger partial charge in [0.2, 0.25) is 35.4 Å². The number of rotatable bonds is 28. The standard InChI is InChI=1S/C43H56N6O3S.C40H51N7O3S.C34H47N7O3S.5H2/c1-43(2,3)22-27-49-40(51)38(28-39(50)47-24-20-33(21-25-47)48-26-18-32-14-8-10-16-36(32)44-42(48)52)53-41(49)35-15-9-11-17-37(35)45(4)34-19-23-46(30-34)29-31-12-6-5-7-13-31;1-40(2,3)19-24-46-37(49)34(25-35(48)45-22-17-29(18-23-45)47-33-15-10-20-41-36(33)42-39(47)50)51-38(46)31-13-8-9-14-32(31)43(4)30-16-21-44(27-30)26-28-11-6-5-7-12-28;1-34(2,3)15-20-40-31(43)28(45-32(40)25-9-6-7-10-26(25)39-19-14-24(22-39)37(4)5)21-29(42)38-17-12-23(13-18-38)41-27-11-8-16-35-30(27)36-33(41)44;;;;;/h5-17,33-34,38,41H,18-30H2,1-4H3,(H,44,52);5-15,20,29-30,34,38H,16-19,21-27H2,1-4H3,(H,41,42,50);6-11,16,23-24,28,32H,12-15,17-22H2,1-5H3,(H,35,36,44);5*1H/t;30-,34?,38?;24-,28?,32?;;;;;/m.10...../s1. The number of imidazole rings is 2. The second-order valence-corrected chi connectivity index (χ2v) is 50.2. The Morgan fingerprint density at radius 2 is 0.772 bits per heavy atom. The molecule has 7 unspecified atom stereocenters. The smallest absolute Gasteiger partial charge is 0.327 e. The monoisotopic (exact) mass is 2090 g/mol. The van der Waals surface area contributed by atoms with E-state index in [1.165, 1.54) is 28.1 Å². The zero-order valence-corrected chi connectivity index (χ0v) is 91.9. The summed E-state index contributed by atoms with van der Waals surface area (Å²) in [5.74, 6) is 0.262.